The van der Waals surface area contributed by atoms with Crippen LogP contribution in [0.2, 0.25) is 0 Å². The first-order chi connectivity index (χ1) is 9.79. The minimum absolute atomic E-state index is 0. The molecule has 1 heterocycles. The number of rotatable bonds is 3. The van der Waals surface area contributed by atoms with Gasteiger partial charge in [-0.3, -0.25) is 4.79 Å². The van der Waals surface area contributed by atoms with Crippen molar-refractivity contribution in [3.8, 4) is 5.75 Å². The third kappa shape index (κ3) is 4.37. The molecule has 0 radical (unpaired) electrons. The summed E-state index contributed by atoms with van der Waals surface area (Å²) >= 11 is 0. The number of amides is 1. The van der Waals surface area contributed by atoms with E-state index < -0.39 is 6.10 Å². The fourth-order valence-corrected chi connectivity index (χ4v) is 2.69. The van der Waals surface area contributed by atoms with Crippen molar-refractivity contribution in [3.63, 3.8) is 0 Å². The SMILES string of the molecule is Cc1ccc(OC(C)C(=O)N2CCC(N)C(C)(C)C2)cc1.Cl. The Morgan fingerprint density at radius 2 is 1.95 bits per heavy atom. The highest BCUT2D eigenvalue weighted by molar-refractivity contribution is 5.85. The fourth-order valence-electron chi connectivity index (χ4n) is 2.69. The summed E-state index contributed by atoms with van der Waals surface area (Å²) in [5, 5.41) is 0. The second-order valence-electron chi connectivity index (χ2n) is 6.72. The van der Waals surface area contributed by atoms with E-state index in [1.807, 2.05) is 43.0 Å². The number of halogens is 1. The molecule has 4 nitrogen and oxygen atoms in total. The number of aryl methyl sites for hydroxylation is 1. The first-order valence-electron chi connectivity index (χ1n) is 7.57. The smallest absolute Gasteiger partial charge is 0.263 e. The molecule has 22 heavy (non-hydrogen) atoms. The molecule has 1 fully saturated rings. The standard InChI is InChI=1S/C17H26N2O2.ClH/c1-12-5-7-14(8-6-12)21-13(2)16(20)19-10-9-15(18)17(3,4)11-19;/h5-8,13,15H,9-11,18H2,1-4H3;1H. The van der Waals surface area contributed by atoms with Crippen molar-refractivity contribution in [3.05, 3.63) is 29.8 Å². The molecule has 2 N–H and O–H groups in total. The van der Waals surface area contributed by atoms with Crippen LogP contribution in [0.4, 0.5) is 0 Å². The molecular formula is C17H27ClN2O2. The van der Waals surface area contributed by atoms with Crippen molar-refractivity contribution in [1.82, 2.24) is 4.90 Å². The number of nitrogens with two attached hydrogens (primary N) is 1. The molecule has 1 aromatic carbocycles. The third-order valence-electron chi connectivity index (χ3n) is 4.31. The Labute approximate surface area is 139 Å². The van der Waals surface area contributed by atoms with Gasteiger partial charge in [0.25, 0.3) is 5.91 Å². The van der Waals surface area contributed by atoms with Gasteiger partial charge in [0.05, 0.1) is 0 Å². The van der Waals surface area contributed by atoms with Crippen molar-refractivity contribution in [2.24, 2.45) is 11.1 Å². The zero-order valence-electron chi connectivity index (χ0n) is 13.8. The van der Waals surface area contributed by atoms with Gasteiger partial charge in [0.15, 0.2) is 6.10 Å². The summed E-state index contributed by atoms with van der Waals surface area (Å²) in [6.45, 7) is 9.46. The van der Waals surface area contributed by atoms with Gasteiger partial charge in [-0.2, -0.15) is 0 Å². The Morgan fingerprint density at radius 1 is 1.36 bits per heavy atom. The lowest BCUT2D eigenvalue weighted by Gasteiger charge is -2.43. The first kappa shape index (κ1) is 18.8. The van der Waals surface area contributed by atoms with E-state index in [0.717, 1.165) is 12.2 Å². The molecule has 0 spiro atoms. The van der Waals surface area contributed by atoms with E-state index in [2.05, 4.69) is 13.8 Å². The van der Waals surface area contributed by atoms with Gasteiger partial charge in [-0.05, 0) is 37.8 Å². The maximum Gasteiger partial charge on any atom is 0.263 e. The van der Waals surface area contributed by atoms with E-state index in [9.17, 15) is 4.79 Å². The molecule has 2 rings (SSSR count). The van der Waals surface area contributed by atoms with Crippen LogP contribution in [0.3, 0.4) is 0 Å². The summed E-state index contributed by atoms with van der Waals surface area (Å²) in [7, 11) is 0. The number of hydrogen-bond acceptors (Lipinski definition) is 3. The molecular weight excluding hydrogens is 300 g/mol. The number of carbonyl (C=O) groups excluding carboxylic acids is 1. The zero-order valence-corrected chi connectivity index (χ0v) is 14.7. The van der Waals surface area contributed by atoms with Gasteiger partial charge in [0.1, 0.15) is 5.75 Å². The molecule has 0 aromatic heterocycles. The Kier molecular flexibility index (Phi) is 6.27. The number of nitrogens with zero attached hydrogens (tertiary/aromatic N) is 1. The zero-order chi connectivity index (χ0) is 15.6. The van der Waals surface area contributed by atoms with Crippen LogP contribution in [0.5, 0.6) is 5.75 Å². The number of likely N-dealkylation sites (tertiary alicyclic amines) is 1. The number of hydrogen-bond donors (Lipinski definition) is 1. The van der Waals surface area contributed by atoms with E-state index in [-0.39, 0.29) is 29.8 Å². The average Bonchev–Trinajstić information content (AvgIpc) is 2.43. The van der Waals surface area contributed by atoms with Gasteiger partial charge < -0.3 is 15.4 Å². The maximum absolute atomic E-state index is 12.5. The summed E-state index contributed by atoms with van der Waals surface area (Å²) in [6.07, 6.45) is 0.369. The molecule has 0 saturated carbocycles. The number of ether oxygens (including phenoxy) is 1. The van der Waals surface area contributed by atoms with E-state index in [1.54, 1.807) is 0 Å². The summed E-state index contributed by atoms with van der Waals surface area (Å²) < 4.78 is 5.76. The number of piperidine rings is 1. The van der Waals surface area contributed by atoms with E-state index in [0.29, 0.717) is 13.1 Å². The fraction of sp³-hybridized carbons (Fsp3) is 0.588. The second kappa shape index (κ2) is 7.34. The largest absolute Gasteiger partial charge is 0.481 e. The predicted octanol–water partition coefficient (Wildman–Crippen LogP) is 2.77. The van der Waals surface area contributed by atoms with Crippen LogP contribution in [-0.2, 0) is 4.79 Å². The average molecular weight is 327 g/mol. The molecule has 2 unspecified atom stereocenters. The van der Waals surface area contributed by atoms with Crippen molar-refractivity contribution < 1.29 is 9.53 Å². The Morgan fingerprint density at radius 3 is 2.50 bits per heavy atom. The summed E-state index contributed by atoms with van der Waals surface area (Å²) in [5.41, 5.74) is 7.25. The summed E-state index contributed by atoms with van der Waals surface area (Å²) in [4.78, 5) is 14.4. The molecule has 2 atom stereocenters. The van der Waals surface area contributed by atoms with Crippen molar-refractivity contribution >= 4 is 18.3 Å². The predicted molar refractivity (Wildman–Crippen MR) is 91.5 cm³/mol. The summed E-state index contributed by atoms with van der Waals surface area (Å²) in [6, 6.07) is 7.91. The lowest BCUT2D eigenvalue weighted by molar-refractivity contribution is -0.141. The molecule has 1 saturated heterocycles. The Bertz CT molecular complexity index is 502. The molecule has 1 aliphatic rings. The topological polar surface area (TPSA) is 55.6 Å². The van der Waals surface area contributed by atoms with Gasteiger partial charge in [-0.15, -0.1) is 12.4 Å². The van der Waals surface area contributed by atoms with Gasteiger partial charge in [0.2, 0.25) is 0 Å². The molecule has 1 amide bonds. The second-order valence-corrected chi connectivity index (χ2v) is 6.72. The molecule has 1 aliphatic heterocycles. The van der Waals surface area contributed by atoms with Crippen LogP contribution >= 0.6 is 12.4 Å². The van der Waals surface area contributed by atoms with Crippen molar-refractivity contribution in [1.29, 1.82) is 0 Å². The monoisotopic (exact) mass is 326 g/mol. The number of carbonyl (C=O) groups is 1. The van der Waals surface area contributed by atoms with Crippen molar-refractivity contribution in [2.45, 2.75) is 46.3 Å². The molecule has 5 heteroatoms. The molecule has 124 valence electrons. The summed E-state index contributed by atoms with van der Waals surface area (Å²) in [5.74, 6) is 0.768. The highest BCUT2D eigenvalue weighted by Gasteiger charge is 2.36. The lowest BCUT2D eigenvalue weighted by atomic mass is 9.79. The van der Waals surface area contributed by atoms with Gasteiger partial charge in [0, 0.05) is 19.1 Å². The molecule has 1 aromatic rings. The Hall–Kier alpha value is -1.26. The molecule has 0 bridgehead atoms. The highest BCUT2D eigenvalue weighted by atomic mass is 35.5. The molecule has 0 aliphatic carbocycles. The van der Waals surface area contributed by atoms with Gasteiger partial charge in [-0.25, -0.2) is 0 Å². The van der Waals surface area contributed by atoms with Crippen LogP contribution in [-0.4, -0.2) is 36.0 Å². The quantitative estimate of drug-likeness (QED) is 0.929. The van der Waals surface area contributed by atoms with E-state index >= 15 is 0 Å². The lowest BCUT2D eigenvalue weighted by Crippen LogP contribution is -2.56. The normalized spacial score (nSPS) is 21.7. The van der Waals surface area contributed by atoms with Gasteiger partial charge in [-0.1, -0.05) is 31.5 Å². The van der Waals surface area contributed by atoms with E-state index in [4.69, 9.17) is 10.5 Å². The minimum Gasteiger partial charge on any atom is -0.481 e. The van der Waals surface area contributed by atoms with Crippen LogP contribution < -0.4 is 10.5 Å². The van der Waals surface area contributed by atoms with Gasteiger partial charge >= 0.3 is 0 Å². The highest BCUT2D eigenvalue weighted by Crippen LogP contribution is 2.28. The minimum atomic E-state index is -0.474. The van der Waals surface area contributed by atoms with Crippen LogP contribution in [0, 0.1) is 12.3 Å². The van der Waals surface area contributed by atoms with Crippen LogP contribution in [0.1, 0.15) is 32.8 Å². The van der Waals surface area contributed by atoms with Crippen LogP contribution in [0.15, 0.2) is 24.3 Å². The maximum atomic E-state index is 12.5. The third-order valence-corrected chi connectivity index (χ3v) is 4.31. The van der Waals surface area contributed by atoms with Crippen LogP contribution in [0.25, 0.3) is 0 Å². The number of benzene rings is 1. The Balaban J connectivity index is 0.00000242. The van der Waals surface area contributed by atoms with Crippen molar-refractivity contribution in [2.75, 3.05) is 13.1 Å². The van der Waals surface area contributed by atoms with E-state index in [1.165, 1.54) is 5.56 Å². The first-order valence-corrected chi connectivity index (χ1v) is 7.57.